The van der Waals surface area contributed by atoms with Gasteiger partial charge in [0.25, 0.3) is 5.91 Å². The van der Waals surface area contributed by atoms with Crippen LogP contribution in [0.4, 0.5) is 4.79 Å². The molecule has 2 heterocycles. The second-order valence-electron chi connectivity index (χ2n) is 7.02. The van der Waals surface area contributed by atoms with Crippen LogP contribution in [0.2, 0.25) is 0 Å². The summed E-state index contributed by atoms with van der Waals surface area (Å²) in [6.07, 6.45) is 8.45. The van der Waals surface area contributed by atoms with Crippen LogP contribution in [0, 0.1) is 11.8 Å². The Morgan fingerprint density at radius 2 is 1.89 bits per heavy atom. The second-order valence-corrected chi connectivity index (χ2v) is 7.02. The van der Waals surface area contributed by atoms with Crippen molar-refractivity contribution >= 4 is 18.0 Å². The van der Waals surface area contributed by atoms with Crippen LogP contribution >= 0.6 is 0 Å². The number of aliphatic carboxylic acids is 1. The van der Waals surface area contributed by atoms with Crippen LogP contribution < -0.4 is 10.6 Å². The molecule has 2 saturated heterocycles. The van der Waals surface area contributed by atoms with E-state index in [0.29, 0.717) is 25.4 Å². The van der Waals surface area contributed by atoms with E-state index in [0.717, 1.165) is 25.7 Å². The molecular formula is C19H30N2O6. The summed E-state index contributed by atoms with van der Waals surface area (Å²) in [4.78, 5) is 33.6. The van der Waals surface area contributed by atoms with E-state index in [9.17, 15) is 14.4 Å². The fourth-order valence-electron chi connectivity index (χ4n) is 3.83. The highest BCUT2D eigenvalue weighted by atomic mass is 16.6. The standard InChI is InChI=1S/C19H30N2O6/c1-2-20-19(25)26-12-17(22)21-11-14-13(15-9-10-16(14)27-15)7-5-3-4-6-8-18(23)24/h3,5,13-16H,2,4,6-12H2,1H3,(H,20,25)(H,21,22)(H,23,24)/t13-,14+,15-,16+/m1/s1. The van der Waals surface area contributed by atoms with Crippen LogP contribution in [0.25, 0.3) is 0 Å². The fraction of sp³-hybridized carbons (Fsp3) is 0.737. The van der Waals surface area contributed by atoms with E-state index >= 15 is 0 Å². The maximum absolute atomic E-state index is 11.9. The summed E-state index contributed by atoms with van der Waals surface area (Å²) >= 11 is 0. The van der Waals surface area contributed by atoms with Gasteiger partial charge in [-0.2, -0.15) is 0 Å². The van der Waals surface area contributed by atoms with E-state index in [1.807, 2.05) is 6.08 Å². The number of nitrogens with one attached hydrogen (secondary N) is 2. The van der Waals surface area contributed by atoms with Crippen LogP contribution in [-0.4, -0.2) is 55.0 Å². The maximum Gasteiger partial charge on any atom is 0.407 e. The van der Waals surface area contributed by atoms with E-state index in [4.69, 9.17) is 14.6 Å². The average Bonchev–Trinajstić information content (AvgIpc) is 3.22. The van der Waals surface area contributed by atoms with Crippen molar-refractivity contribution in [3.63, 3.8) is 0 Å². The van der Waals surface area contributed by atoms with Crippen LogP contribution in [0.15, 0.2) is 12.2 Å². The van der Waals surface area contributed by atoms with Crippen molar-refractivity contribution in [1.29, 1.82) is 0 Å². The lowest BCUT2D eigenvalue weighted by molar-refractivity contribution is -0.137. The largest absolute Gasteiger partial charge is 0.481 e. The molecule has 2 bridgehead atoms. The van der Waals surface area contributed by atoms with Crippen molar-refractivity contribution in [3.05, 3.63) is 12.2 Å². The number of carboxylic acids is 1. The fourth-order valence-corrected chi connectivity index (χ4v) is 3.83. The number of amides is 2. The Balaban J connectivity index is 1.72. The van der Waals surface area contributed by atoms with Gasteiger partial charge in [-0.15, -0.1) is 0 Å². The minimum absolute atomic E-state index is 0.171. The second kappa shape index (κ2) is 10.9. The smallest absolute Gasteiger partial charge is 0.407 e. The van der Waals surface area contributed by atoms with E-state index in [2.05, 4.69) is 16.7 Å². The highest BCUT2D eigenvalue weighted by Crippen LogP contribution is 2.44. The van der Waals surface area contributed by atoms with Gasteiger partial charge in [0.2, 0.25) is 0 Å². The molecule has 27 heavy (non-hydrogen) atoms. The molecule has 2 fully saturated rings. The third kappa shape index (κ3) is 6.86. The Morgan fingerprint density at radius 3 is 2.59 bits per heavy atom. The zero-order valence-corrected chi connectivity index (χ0v) is 15.8. The van der Waals surface area contributed by atoms with Crippen LogP contribution in [0.5, 0.6) is 0 Å². The molecule has 0 radical (unpaired) electrons. The lowest BCUT2D eigenvalue weighted by atomic mass is 9.77. The summed E-state index contributed by atoms with van der Waals surface area (Å²) in [5, 5.41) is 14.0. The van der Waals surface area contributed by atoms with Gasteiger partial charge < -0.3 is 25.2 Å². The molecule has 0 aromatic rings. The van der Waals surface area contributed by atoms with Crippen molar-refractivity contribution in [1.82, 2.24) is 10.6 Å². The molecule has 2 aliphatic rings. The Hall–Kier alpha value is -2.09. The highest BCUT2D eigenvalue weighted by molar-refractivity contribution is 5.80. The van der Waals surface area contributed by atoms with Crippen molar-refractivity contribution in [2.45, 2.75) is 57.7 Å². The quantitative estimate of drug-likeness (QED) is 0.371. The Morgan fingerprint density at radius 1 is 1.15 bits per heavy atom. The van der Waals surface area contributed by atoms with Crippen molar-refractivity contribution < 1.29 is 29.0 Å². The van der Waals surface area contributed by atoms with Crippen molar-refractivity contribution in [2.24, 2.45) is 11.8 Å². The first-order valence-electron chi connectivity index (χ1n) is 9.70. The minimum Gasteiger partial charge on any atom is -0.481 e. The molecule has 8 heteroatoms. The number of rotatable bonds is 11. The molecule has 4 atom stereocenters. The molecule has 2 amide bonds. The number of fused-ring (bicyclic) bond motifs is 2. The third-order valence-electron chi connectivity index (χ3n) is 5.12. The van der Waals surface area contributed by atoms with Crippen molar-refractivity contribution in [2.75, 3.05) is 19.7 Å². The number of hydrogen-bond donors (Lipinski definition) is 3. The van der Waals surface area contributed by atoms with Gasteiger partial charge in [0.15, 0.2) is 6.61 Å². The topological polar surface area (TPSA) is 114 Å². The number of carbonyl (C=O) groups excluding carboxylic acids is 2. The molecule has 2 aliphatic heterocycles. The monoisotopic (exact) mass is 382 g/mol. The van der Waals surface area contributed by atoms with E-state index in [-0.39, 0.29) is 37.1 Å². The molecule has 0 saturated carbocycles. The predicted octanol–water partition coefficient (Wildman–Crippen LogP) is 1.84. The molecule has 0 aromatic heterocycles. The molecule has 0 unspecified atom stereocenters. The first-order chi connectivity index (χ1) is 13.0. The molecule has 3 N–H and O–H groups in total. The van der Waals surface area contributed by atoms with Crippen LogP contribution in [0.1, 0.15) is 45.4 Å². The molecule has 8 nitrogen and oxygen atoms in total. The number of unbranched alkanes of at least 4 members (excludes halogenated alkanes) is 1. The zero-order valence-electron chi connectivity index (χ0n) is 15.8. The molecule has 0 aliphatic carbocycles. The Bertz CT molecular complexity index is 550. The van der Waals surface area contributed by atoms with E-state index < -0.39 is 12.1 Å². The number of alkyl carbamates (subject to hydrolysis) is 1. The van der Waals surface area contributed by atoms with Gasteiger partial charge in [-0.05, 0) is 44.9 Å². The van der Waals surface area contributed by atoms with Crippen molar-refractivity contribution in [3.8, 4) is 0 Å². The summed E-state index contributed by atoms with van der Waals surface area (Å²) in [6.45, 7) is 2.45. The zero-order chi connectivity index (χ0) is 19.6. The Labute approximate surface area is 159 Å². The first kappa shape index (κ1) is 21.2. The van der Waals surface area contributed by atoms with Gasteiger partial charge in [-0.3, -0.25) is 9.59 Å². The van der Waals surface area contributed by atoms with Gasteiger partial charge >= 0.3 is 12.1 Å². The molecule has 0 spiro atoms. The molecule has 2 rings (SSSR count). The Kier molecular flexibility index (Phi) is 8.57. The maximum atomic E-state index is 11.9. The van der Waals surface area contributed by atoms with E-state index in [1.54, 1.807) is 6.92 Å². The van der Waals surface area contributed by atoms with Gasteiger partial charge in [0.1, 0.15) is 0 Å². The minimum atomic E-state index is -0.767. The van der Waals surface area contributed by atoms with Gasteiger partial charge in [0, 0.05) is 25.4 Å². The summed E-state index contributed by atoms with van der Waals surface area (Å²) in [5.74, 6) is -0.478. The SMILES string of the molecule is CCNC(=O)OCC(=O)NC[C@H]1[C@@H](CC=CCCCC(=O)O)[C@H]2CC[C@@H]1O2. The number of hydrogen-bond acceptors (Lipinski definition) is 5. The van der Waals surface area contributed by atoms with Gasteiger partial charge in [-0.1, -0.05) is 12.2 Å². The lowest BCUT2D eigenvalue weighted by Crippen LogP contribution is -2.40. The number of carbonyl (C=O) groups is 3. The van der Waals surface area contributed by atoms with E-state index in [1.165, 1.54) is 0 Å². The summed E-state index contributed by atoms with van der Waals surface area (Å²) in [7, 11) is 0. The van der Waals surface area contributed by atoms with Crippen LogP contribution in [0.3, 0.4) is 0 Å². The lowest BCUT2D eigenvalue weighted by Gasteiger charge is -2.27. The summed E-state index contributed by atoms with van der Waals surface area (Å²) < 4.78 is 10.8. The van der Waals surface area contributed by atoms with Gasteiger partial charge in [-0.25, -0.2) is 4.79 Å². The summed E-state index contributed by atoms with van der Waals surface area (Å²) in [5.41, 5.74) is 0. The third-order valence-corrected chi connectivity index (χ3v) is 5.12. The van der Waals surface area contributed by atoms with Crippen LogP contribution in [-0.2, 0) is 19.1 Å². The normalized spacial score (nSPS) is 26.3. The number of allylic oxidation sites excluding steroid dienone is 2. The highest BCUT2D eigenvalue weighted by Gasteiger charge is 2.47. The summed E-state index contributed by atoms with van der Waals surface area (Å²) in [6, 6.07) is 0. The molecule has 152 valence electrons. The van der Waals surface area contributed by atoms with Gasteiger partial charge in [0.05, 0.1) is 12.2 Å². The number of ether oxygens (including phenoxy) is 2. The molecular weight excluding hydrogens is 352 g/mol. The average molecular weight is 382 g/mol. The molecule has 0 aromatic carbocycles. The first-order valence-corrected chi connectivity index (χ1v) is 9.70. The predicted molar refractivity (Wildman–Crippen MR) is 98.2 cm³/mol. The number of carboxylic acid groups (broad SMARTS) is 1.